The highest BCUT2D eigenvalue weighted by atomic mass is 35.5. The molecule has 0 bridgehead atoms. The van der Waals surface area contributed by atoms with E-state index in [2.05, 4.69) is 10.6 Å². The molecule has 5 nitrogen and oxygen atoms in total. The maximum absolute atomic E-state index is 11.7. The number of rotatable bonds is 2. The summed E-state index contributed by atoms with van der Waals surface area (Å²) in [5.74, 6) is 0.0829. The van der Waals surface area contributed by atoms with Gasteiger partial charge in [-0.3, -0.25) is 0 Å². The van der Waals surface area contributed by atoms with Gasteiger partial charge in [0.2, 0.25) is 0 Å². The minimum Gasteiger partial charge on any atom is -0.334 e. The second kappa shape index (κ2) is 5.56. The van der Waals surface area contributed by atoms with Crippen molar-refractivity contribution in [2.45, 2.75) is 12.5 Å². The Bertz CT molecular complexity index is 604. The number of hydrogen-bond acceptors (Lipinski definition) is 3. The molecule has 0 aromatic heterocycles. The summed E-state index contributed by atoms with van der Waals surface area (Å²) in [6.45, 7) is 0. The van der Waals surface area contributed by atoms with Crippen molar-refractivity contribution < 1.29 is 13.2 Å². The highest BCUT2D eigenvalue weighted by Gasteiger charge is 2.28. The molecule has 19 heavy (non-hydrogen) atoms. The monoisotopic (exact) mass is 322 g/mol. The van der Waals surface area contributed by atoms with Crippen molar-refractivity contribution in [2.24, 2.45) is 0 Å². The predicted molar refractivity (Wildman–Crippen MR) is 75.7 cm³/mol. The number of benzene rings is 1. The Morgan fingerprint density at radius 3 is 2.68 bits per heavy atom. The maximum atomic E-state index is 11.7. The second-order valence-corrected chi connectivity index (χ2v) is 7.31. The highest BCUT2D eigenvalue weighted by molar-refractivity contribution is 7.91. The normalized spacial score (nSPS) is 21.1. The minimum absolute atomic E-state index is 0.0241. The van der Waals surface area contributed by atoms with E-state index in [1.54, 1.807) is 18.2 Å². The van der Waals surface area contributed by atoms with Crippen molar-refractivity contribution in [3.05, 3.63) is 28.2 Å². The molecule has 0 saturated carbocycles. The van der Waals surface area contributed by atoms with Crippen LogP contribution in [0, 0.1) is 0 Å². The van der Waals surface area contributed by atoms with Crippen LogP contribution in [-0.2, 0) is 9.84 Å². The Morgan fingerprint density at radius 1 is 1.32 bits per heavy atom. The van der Waals surface area contributed by atoms with Crippen LogP contribution < -0.4 is 10.6 Å². The topological polar surface area (TPSA) is 75.3 Å². The van der Waals surface area contributed by atoms with Gasteiger partial charge >= 0.3 is 6.03 Å². The smallest absolute Gasteiger partial charge is 0.319 e. The summed E-state index contributed by atoms with van der Waals surface area (Å²) in [6, 6.07) is 4.02. The number of hydrogen-bond donors (Lipinski definition) is 2. The Balaban J connectivity index is 1.97. The van der Waals surface area contributed by atoms with Gasteiger partial charge < -0.3 is 10.6 Å². The highest BCUT2D eigenvalue weighted by Crippen LogP contribution is 2.29. The SMILES string of the molecule is O=C(Nc1cccc(Cl)c1Cl)NC1CCS(=O)(=O)C1. The third-order valence-corrected chi connectivity index (χ3v) is 5.35. The Kier molecular flexibility index (Phi) is 4.23. The predicted octanol–water partition coefficient (Wildman–Crippen LogP) is 2.30. The van der Waals surface area contributed by atoms with E-state index in [9.17, 15) is 13.2 Å². The summed E-state index contributed by atoms with van der Waals surface area (Å²) in [5, 5.41) is 5.73. The van der Waals surface area contributed by atoms with E-state index < -0.39 is 15.9 Å². The number of amides is 2. The van der Waals surface area contributed by atoms with Gasteiger partial charge in [-0.05, 0) is 18.6 Å². The van der Waals surface area contributed by atoms with Gasteiger partial charge in [-0.25, -0.2) is 13.2 Å². The van der Waals surface area contributed by atoms with Crippen molar-refractivity contribution in [1.29, 1.82) is 0 Å². The van der Waals surface area contributed by atoms with Crippen LogP contribution in [0.25, 0.3) is 0 Å². The average molecular weight is 323 g/mol. The van der Waals surface area contributed by atoms with E-state index in [4.69, 9.17) is 23.2 Å². The molecular weight excluding hydrogens is 311 g/mol. The Hall–Kier alpha value is -0.980. The van der Waals surface area contributed by atoms with Crippen LogP contribution in [0.1, 0.15) is 6.42 Å². The zero-order chi connectivity index (χ0) is 14.0. The molecule has 1 fully saturated rings. The fourth-order valence-electron chi connectivity index (χ4n) is 1.85. The van der Waals surface area contributed by atoms with Crippen molar-refractivity contribution in [3.63, 3.8) is 0 Å². The first-order valence-electron chi connectivity index (χ1n) is 5.59. The van der Waals surface area contributed by atoms with E-state index in [1.165, 1.54) is 0 Å². The lowest BCUT2D eigenvalue weighted by Crippen LogP contribution is -2.38. The molecule has 2 amide bonds. The second-order valence-electron chi connectivity index (χ2n) is 4.30. The number of carbonyl (C=O) groups is 1. The first kappa shape index (κ1) is 14.4. The van der Waals surface area contributed by atoms with E-state index in [0.29, 0.717) is 17.1 Å². The molecule has 8 heteroatoms. The molecule has 1 aromatic rings. The third-order valence-electron chi connectivity index (χ3n) is 2.77. The van der Waals surface area contributed by atoms with Crippen LogP contribution in [0.3, 0.4) is 0 Å². The van der Waals surface area contributed by atoms with Gasteiger partial charge in [0.25, 0.3) is 0 Å². The van der Waals surface area contributed by atoms with Gasteiger partial charge in [-0.1, -0.05) is 29.3 Å². The van der Waals surface area contributed by atoms with E-state index >= 15 is 0 Å². The lowest BCUT2D eigenvalue weighted by Gasteiger charge is -2.13. The maximum Gasteiger partial charge on any atom is 0.319 e. The molecule has 1 aliphatic heterocycles. The van der Waals surface area contributed by atoms with Crippen LogP contribution in [0.2, 0.25) is 10.0 Å². The van der Waals surface area contributed by atoms with Gasteiger partial charge in [-0.15, -0.1) is 0 Å². The number of urea groups is 1. The molecule has 0 radical (unpaired) electrons. The summed E-state index contributed by atoms with van der Waals surface area (Å²) in [6.07, 6.45) is 0.430. The largest absolute Gasteiger partial charge is 0.334 e. The number of carbonyl (C=O) groups excluding carboxylic acids is 1. The van der Waals surface area contributed by atoms with Gasteiger partial charge in [-0.2, -0.15) is 0 Å². The molecule has 1 aromatic carbocycles. The van der Waals surface area contributed by atoms with Crippen LogP contribution >= 0.6 is 23.2 Å². The number of anilines is 1. The van der Waals surface area contributed by atoms with Gasteiger partial charge in [0.15, 0.2) is 9.84 Å². The minimum atomic E-state index is -3.02. The van der Waals surface area contributed by atoms with Gasteiger partial charge in [0.05, 0.1) is 27.2 Å². The molecular formula is C11H12Cl2N2O3S. The lowest BCUT2D eigenvalue weighted by atomic mass is 10.3. The molecule has 2 N–H and O–H groups in total. The molecule has 2 rings (SSSR count). The number of halogens is 2. The van der Waals surface area contributed by atoms with Crippen LogP contribution in [0.15, 0.2) is 18.2 Å². The van der Waals surface area contributed by atoms with Gasteiger partial charge in [0, 0.05) is 6.04 Å². The molecule has 1 saturated heterocycles. The molecule has 1 atom stereocenters. The van der Waals surface area contributed by atoms with Crippen LogP contribution in [0.5, 0.6) is 0 Å². The molecule has 104 valence electrons. The Morgan fingerprint density at radius 2 is 2.05 bits per heavy atom. The number of sulfone groups is 1. The van der Waals surface area contributed by atoms with Gasteiger partial charge in [0.1, 0.15) is 0 Å². The molecule has 1 unspecified atom stereocenters. The molecule has 0 spiro atoms. The summed E-state index contributed by atoms with van der Waals surface area (Å²) >= 11 is 11.8. The Labute approximate surface area is 121 Å². The molecule has 0 aliphatic carbocycles. The van der Waals surface area contributed by atoms with Crippen LogP contribution in [-0.4, -0.2) is 32.0 Å². The zero-order valence-electron chi connectivity index (χ0n) is 9.82. The molecule has 1 heterocycles. The fraction of sp³-hybridized carbons (Fsp3) is 0.364. The first-order chi connectivity index (χ1) is 8.87. The van der Waals surface area contributed by atoms with Crippen molar-refractivity contribution in [1.82, 2.24) is 5.32 Å². The van der Waals surface area contributed by atoms with E-state index in [1.807, 2.05) is 0 Å². The molecule has 1 aliphatic rings. The summed E-state index contributed by atoms with van der Waals surface area (Å²) < 4.78 is 22.5. The quantitative estimate of drug-likeness (QED) is 0.877. The summed E-state index contributed by atoms with van der Waals surface area (Å²) in [7, 11) is -3.02. The third kappa shape index (κ3) is 3.75. The summed E-state index contributed by atoms with van der Waals surface area (Å²) in [5.41, 5.74) is 0.382. The first-order valence-corrected chi connectivity index (χ1v) is 8.17. The van der Waals surface area contributed by atoms with Crippen molar-refractivity contribution >= 4 is 44.8 Å². The van der Waals surface area contributed by atoms with E-state index in [-0.39, 0.29) is 22.6 Å². The standard InChI is InChI=1S/C11H12Cl2N2O3S/c12-8-2-1-3-9(10(8)13)15-11(16)14-7-4-5-19(17,18)6-7/h1-3,7H,4-6H2,(H2,14,15,16). The zero-order valence-corrected chi connectivity index (χ0v) is 12.1. The number of nitrogens with one attached hydrogen (secondary N) is 2. The van der Waals surface area contributed by atoms with Crippen molar-refractivity contribution in [2.75, 3.05) is 16.8 Å². The average Bonchev–Trinajstić information content (AvgIpc) is 2.64. The van der Waals surface area contributed by atoms with Crippen molar-refractivity contribution in [3.8, 4) is 0 Å². The summed E-state index contributed by atoms with van der Waals surface area (Å²) in [4.78, 5) is 11.7. The lowest BCUT2D eigenvalue weighted by molar-refractivity contribution is 0.249. The fourth-order valence-corrected chi connectivity index (χ4v) is 3.87. The van der Waals surface area contributed by atoms with Crippen LogP contribution in [0.4, 0.5) is 10.5 Å². The van der Waals surface area contributed by atoms with E-state index in [0.717, 1.165) is 0 Å².